The molecule has 2 aromatic carbocycles. The van der Waals surface area contributed by atoms with Gasteiger partial charge in [-0.25, -0.2) is 0 Å². The van der Waals surface area contributed by atoms with Crippen molar-refractivity contribution in [3.63, 3.8) is 0 Å². The monoisotopic (exact) mass is 344 g/mol. The molecule has 1 amide bonds. The third-order valence-electron chi connectivity index (χ3n) is 3.85. The molecule has 2 aromatic rings. The molecule has 3 rings (SSSR count). The zero-order valence-corrected chi connectivity index (χ0v) is 13.6. The molecular formula is C17H17BrN2O. The molecule has 0 saturated carbocycles. The molecule has 0 saturated heterocycles. The number of anilines is 2. The minimum atomic E-state index is -0.134. The third-order valence-corrected chi connectivity index (χ3v) is 5.10. The fourth-order valence-electron chi connectivity index (χ4n) is 2.77. The number of hydrogen-bond donors (Lipinski definition) is 2. The standard InChI is InChI=1S/C17H17BrN2O/c1-10-7-12(8-11(2)16(10)18)20-17(21)14-9-19-15-6-4-3-5-13(14)15/h3-8,14,19H,9H2,1-2H3,(H,20,21). The predicted octanol–water partition coefficient (Wildman–Crippen LogP) is 4.21. The average molecular weight is 345 g/mol. The van der Waals surface area contributed by atoms with Crippen molar-refractivity contribution in [2.75, 3.05) is 17.2 Å². The molecule has 1 atom stereocenters. The maximum absolute atomic E-state index is 12.5. The Morgan fingerprint density at radius 1 is 1.24 bits per heavy atom. The highest BCUT2D eigenvalue weighted by molar-refractivity contribution is 9.10. The van der Waals surface area contributed by atoms with E-state index in [1.807, 2.05) is 50.2 Å². The maximum atomic E-state index is 12.5. The number of carbonyl (C=O) groups excluding carboxylic acids is 1. The highest BCUT2D eigenvalue weighted by Crippen LogP contribution is 2.32. The second-order valence-corrected chi connectivity index (χ2v) is 6.23. The summed E-state index contributed by atoms with van der Waals surface area (Å²) in [6, 6.07) is 12.0. The SMILES string of the molecule is Cc1cc(NC(=O)C2CNc3ccccc32)cc(C)c1Br. The number of aryl methyl sites for hydroxylation is 2. The van der Waals surface area contributed by atoms with Gasteiger partial charge < -0.3 is 10.6 Å². The fourth-order valence-corrected chi connectivity index (χ4v) is 2.99. The first-order chi connectivity index (χ1) is 10.1. The van der Waals surface area contributed by atoms with E-state index in [4.69, 9.17) is 0 Å². The van der Waals surface area contributed by atoms with Gasteiger partial charge in [0, 0.05) is 22.4 Å². The van der Waals surface area contributed by atoms with E-state index in [1.54, 1.807) is 0 Å². The molecule has 0 aliphatic carbocycles. The summed E-state index contributed by atoms with van der Waals surface area (Å²) in [6.45, 7) is 4.71. The quantitative estimate of drug-likeness (QED) is 0.856. The summed E-state index contributed by atoms with van der Waals surface area (Å²) >= 11 is 3.54. The molecule has 1 aliphatic heterocycles. The number of nitrogens with one attached hydrogen (secondary N) is 2. The number of rotatable bonds is 2. The van der Waals surface area contributed by atoms with Gasteiger partial charge in [0.1, 0.15) is 0 Å². The Morgan fingerprint density at radius 2 is 1.90 bits per heavy atom. The molecule has 0 aromatic heterocycles. The van der Waals surface area contributed by atoms with Crippen LogP contribution in [0.4, 0.5) is 11.4 Å². The Morgan fingerprint density at radius 3 is 2.62 bits per heavy atom. The molecule has 2 N–H and O–H groups in total. The zero-order chi connectivity index (χ0) is 15.0. The number of hydrogen-bond acceptors (Lipinski definition) is 2. The van der Waals surface area contributed by atoms with E-state index in [0.717, 1.165) is 32.5 Å². The van der Waals surface area contributed by atoms with E-state index < -0.39 is 0 Å². The second-order valence-electron chi connectivity index (χ2n) is 5.43. The Balaban J connectivity index is 1.82. The third kappa shape index (κ3) is 2.68. The van der Waals surface area contributed by atoms with Gasteiger partial charge in [0.2, 0.25) is 5.91 Å². The van der Waals surface area contributed by atoms with Crippen LogP contribution in [0.1, 0.15) is 22.6 Å². The van der Waals surface area contributed by atoms with Crippen LogP contribution in [-0.2, 0) is 4.79 Å². The summed E-state index contributed by atoms with van der Waals surface area (Å²) in [7, 11) is 0. The van der Waals surface area contributed by atoms with Gasteiger partial charge in [0.25, 0.3) is 0 Å². The Hall–Kier alpha value is -1.81. The van der Waals surface area contributed by atoms with Crippen LogP contribution < -0.4 is 10.6 Å². The maximum Gasteiger partial charge on any atom is 0.233 e. The number of amides is 1. The van der Waals surface area contributed by atoms with Crippen LogP contribution in [0.5, 0.6) is 0 Å². The molecule has 0 fully saturated rings. The fraction of sp³-hybridized carbons (Fsp3) is 0.235. The minimum absolute atomic E-state index is 0.0357. The van der Waals surface area contributed by atoms with E-state index in [1.165, 1.54) is 0 Å². The van der Waals surface area contributed by atoms with Gasteiger partial charge in [-0.1, -0.05) is 34.1 Å². The minimum Gasteiger partial charge on any atom is -0.384 e. The number of para-hydroxylation sites is 1. The second kappa shape index (κ2) is 5.53. The van der Waals surface area contributed by atoms with Crippen molar-refractivity contribution in [3.8, 4) is 0 Å². The highest BCUT2D eigenvalue weighted by Gasteiger charge is 2.28. The summed E-state index contributed by atoms with van der Waals surface area (Å²) in [5, 5.41) is 6.31. The van der Waals surface area contributed by atoms with Crippen LogP contribution in [0.15, 0.2) is 40.9 Å². The van der Waals surface area contributed by atoms with Crippen LogP contribution in [0.2, 0.25) is 0 Å². The van der Waals surface area contributed by atoms with Gasteiger partial charge in [-0.05, 0) is 48.7 Å². The zero-order valence-electron chi connectivity index (χ0n) is 12.0. The van der Waals surface area contributed by atoms with Crippen LogP contribution in [0, 0.1) is 13.8 Å². The molecule has 1 unspecified atom stereocenters. The molecule has 21 heavy (non-hydrogen) atoms. The van der Waals surface area contributed by atoms with Gasteiger partial charge >= 0.3 is 0 Å². The molecule has 1 heterocycles. The lowest BCUT2D eigenvalue weighted by Crippen LogP contribution is -2.22. The lowest BCUT2D eigenvalue weighted by atomic mass is 10.0. The van der Waals surface area contributed by atoms with Crippen molar-refractivity contribution >= 4 is 33.2 Å². The summed E-state index contributed by atoms with van der Waals surface area (Å²) < 4.78 is 1.09. The van der Waals surface area contributed by atoms with Crippen molar-refractivity contribution < 1.29 is 4.79 Å². The normalized spacial score (nSPS) is 16.2. The molecule has 1 aliphatic rings. The largest absolute Gasteiger partial charge is 0.384 e. The molecule has 3 nitrogen and oxygen atoms in total. The first-order valence-electron chi connectivity index (χ1n) is 6.96. The topological polar surface area (TPSA) is 41.1 Å². The van der Waals surface area contributed by atoms with Crippen molar-refractivity contribution in [2.24, 2.45) is 0 Å². The Kier molecular flexibility index (Phi) is 3.72. The van der Waals surface area contributed by atoms with E-state index >= 15 is 0 Å². The first kappa shape index (κ1) is 14.1. The van der Waals surface area contributed by atoms with E-state index in [-0.39, 0.29) is 11.8 Å². The van der Waals surface area contributed by atoms with Gasteiger partial charge in [-0.15, -0.1) is 0 Å². The molecular weight excluding hydrogens is 328 g/mol. The van der Waals surface area contributed by atoms with Crippen LogP contribution in [0.25, 0.3) is 0 Å². The van der Waals surface area contributed by atoms with Crippen molar-refractivity contribution in [1.82, 2.24) is 0 Å². The number of carbonyl (C=O) groups is 1. The highest BCUT2D eigenvalue weighted by atomic mass is 79.9. The molecule has 0 radical (unpaired) electrons. The van der Waals surface area contributed by atoms with Crippen molar-refractivity contribution in [1.29, 1.82) is 0 Å². The van der Waals surface area contributed by atoms with E-state index in [0.29, 0.717) is 6.54 Å². The van der Waals surface area contributed by atoms with Crippen LogP contribution in [-0.4, -0.2) is 12.5 Å². The van der Waals surface area contributed by atoms with E-state index in [2.05, 4.69) is 26.6 Å². The molecule has 0 bridgehead atoms. The summed E-state index contributed by atoms with van der Waals surface area (Å²) in [5.74, 6) is -0.0981. The molecule has 108 valence electrons. The molecule has 4 heteroatoms. The Bertz CT molecular complexity index is 689. The van der Waals surface area contributed by atoms with Gasteiger partial charge in [0.05, 0.1) is 5.92 Å². The van der Waals surface area contributed by atoms with Gasteiger partial charge in [-0.3, -0.25) is 4.79 Å². The van der Waals surface area contributed by atoms with Gasteiger partial charge in [-0.2, -0.15) is 0 Å². The van der Waals surface area contributed by atoms with Crippen LogP contribution >= 0.6 is 15.9 Å². The van der Waals surface area contributed by atoms with Crippen molar-refractivity contribution in [2.45, 2.75) is 19.8 Å². The summed E-state index contributed by atoms with van der Waals surface area (Å²) in [6.07, 6.45) is 0. The first-order valence-corrected chi connectivity index (χ1v) is 7.76. The smallest absolute Gasteiger partial charge is 0.233 e. The lowest BCUT2D eigenvalue weighted by Gasteiger charge is -2.13. The Labute approximate surface area is 132 Å². The van der Waals surface area contributed by atoms with E-state index in [9.17, 15) is 4.79 Å². The number of halogens is 1. The number of fused-ring (bicyclic) bond motifs is 1. The van der Waals surface area contributed by atoms with Gasteiger partial charge in [0.15, 0.2) is 0 Å². The van der Waals surface area contributed by atoms with Crippen molar-refractivity contribution in [3.05, 3.63) is 57.6 Å². The molecule has 0 spiro atoms. The lowest BCUT2D eigenvalue weighted by molar-refractivity contribution is -0.117. The summed E-state index contributed by atoms with van der Waals surface area (Å²) in [4.78, 5) is 12.5. The number of benzene rings is 2. The van der Waals surface area contributed by atoms with Crippen LogP contribution in [0.3, 0.4) is 0 Å². The predicted molar refractivity (Wildman–Crippen MR) is 89.9 cm³/mol. The summed E-state index contributed by atoms with van der Waals surface area (Å²) in [5.41, 5.74) is 5.22. The average Bonchev–Trinajstić information content (AvgIpc) is 2.88.